The van der Waals surface area contributed by atoms with Crippen molar-refractivity contribution in [2.24, 2.45) is 0 Å². The minimum Gasteiger partial charge on any atom is -0.217 e. The van der Waals surface area contributed by atoms with Crippen LogP contribution in [0.2, 0.25) is 5.28 Å². The number of aromatic nitrogens is 2. The van der Waals surface area contributed by atoms with Gasteiger partial charge < -0.3 is 0 Å². The highest BCUT2D eigenvalue weighted by molar-refractivity contribution is 7.20. The SMILES string of the molecule is C/C=C\c1sc2c(-c3ccc(-c4ccccc4)cc3)nc(Cl)nc2c1C. The van der Waals surface area contributed by atoms with Crippen LogP contribution in [0.15, 0.2) is 60.7 Å². The van der Waals surface area contributed by atoms with Crippen molar-refractivity contribution in [3.63, 3.8) is 0 Å². The van der Waals surface area contributed by atoms with Crippen molar-refractivity contribution in [1.29, 1.82) is 0 Å². The highest BCUT2D eigenvalue weighted by Crippen LogP contribution is 2.37. The molecule has 2 aromatic heterocycles. The number of halogens is 1. The molecule has 0 radical (unpaired) electrons. The van der Waals surface area contributed by atoms with Crippen molar-refractivity contribution in [2.75, 3.05) is 0 Å². The molecule has 0 atom stereocenters. The summed E-state index contributed by atoms with van der Waals surface area (Å²) in [6.07, 6.45) is 4.15. The summed E-state index contributed by atoms with van der Waals surface area (Å²) in [5, 5.41) is 0.285. The normalized spacial score (nSPS) is 11.5. The second kappa shape index (κ2) is 7.02. The van der Waals surface area contributed by atoms with Crippen LogP contribution in [0.5, 0.6) is 0 Å². The van der Waals surface area contributed by atoms with Crippen molar-refractivity contribution in [1.82, 2.24) is 9.97 Å². The molecule has 0 spiro atoms. The molecule has 0 N–H and O–H groups in total. The van der Waals surface area contributed by atoms with E-state index in [1.807, 2.05) is 31.2 Å². The molecule has 0 fully saturated rings. The number of hydrogen-bond acceptors (Lipinski definition) is 3. The summed E-state index contributed by atoms with van der Waals surface area (Å²) < 4.78 is 1.08. The molecule has 0 saturated heterocycles. The fraction of sp³-hybridized carbons (Fsp3) is 0.0909. The second-order valence-electron chi connectivity index (χ2n) is 6.05. The van der Waals surface area contributed by atoms with Crippen LogP contribution in [0.1, 0.15) is 17.4 Å². The first kappa shape index (κ1) is 17.0. The number of hydrogen-bond donors (Lipinski definition) is 0. The Kier molecular flexibility index (Phi) is 4.58. The van der Waals surface area contributed by atoms with Crippen LogP contribution in [0.4, 0.5) is 0 Å². The van der Waals surface area contributed by atoms with E-state index in [2.05, 4.69) is 59.4 Å². The fourth-order valence-electron chi connectivity index (χ4n) is 3.03. The number of benzene rings is 2. The van der Waals surface area contributed by atoms with Crippen molar-refractivity contribution >= 4 is 39.2 Å². The third kappa shape index (κ3) is 3.05. The quantitative estimate of drug-likeness (QED) is 0.359. The maximum atomic E-state index is 6.22. The molecule has 4 aromatic rings. The summed E-state index contributed by atoms with van der Waals surface area (Å²) in [5.41, 5.74) is 6.41. The molecule has 26 heavy (non-hydrogen) atoms. The number of aryl methyl sites for hydroxylation is 1. The average molecular weight is 377 g/mol. The highest BCUT2D eigenvalue weighted by atomic mass is 35.5. The van der Waals surface area contributed by atoms with Crippen molar-refractivity contribution in [2.45, 2.75) is 13.8 Å². The second-order valence-corrected chi connectivity index (χ2v) is 7.44. The number of allylic oxidation sites excluding steroid dienone is 1. The average Bonchev–Trinajstić information content (AvgIpc) is 2.98. The monoisotopic (exact) mass is 376 g/mol. The van der Waals surface area contributed by atoms with Crippen molar-refractivity contribution in [3.05, 3.63) is 76.4 Å². The summed E-state index contributed by atoms with van der Waals surface area (Å²) in [6.45, 7) is 4.10. The molecule has 0 saturated carbocycles. The number of rotatable bonds is 3. The van der Waals surface area contributed by atoms with E-state index in [9.17, 15) is 0 Å². The van der Waals surface area contributed by atoms with Crippen LogP contribution in [-0.2, 0) is 0 Å². The van der Waals surface area contributed by atoms with E-state index in [0.717, 1.165) is 27.0 Å². The van der Waals surface area contributed by atoms with Gasteiger partial charge in [-0.2, -0.15) is 0 Å². The lowest BCUT2D eigenvalue weighted by molar-refractivity contribution is 1.22. The number of nitrogens with zero attached hydrogens (tertiary/aromatic N) is 2. The summed E-state index contributed by atoms with van der Waals surface area (Å²) in [5.74, 6) is 0. The van der Waals surface area contributed by atoms with Gasteiger partial charge in [0.25, 0.3) is 0 Å². The largest absolute Gasteiger partial charge is 0.223 e. The van der Waals surface area contributed by atoms with E-state index in [1.54, 1.807) is 11.3 Å². The summed E-state index contributed by atoms with van der Waals surface area (Å²) in [7, 11) is 0. The Bertz CT molecular complexity index is 1100. The van der Waals surface area contributed by atoms with E-state index < -0.39 is 0 Å². The number of thiophene rings is 1. The van der Waals surface area contributed by atoms with Gasteiger partial charge in [-0.25, -0.2) is 9.97 Å². The first-order valence-corrected chi connectivity index (χ1v) is 9.62. The zero-order valence-corrected chi connectivity index (χ0v) is 16.1. The van der Waals surface area contributed by atoms with Crippen LogP contribution in [0.25, 0.3) is 38.7 Å². The zero-order chi connectivity index (χ0) is 18.1. The van der Waals surface area contributed by atoms with Crippen molar-refractivity contribution < 1.29 is 0 Å². The van der Waals surface area contributed by atoms with Gasteiger partial charge in [0.2, 0.25) is 5.28 Å². The zero-order valence-electron chi connectivity index (χ0n) is 14.5. The topological polar surface area (TPSA) is 25.8 Å². The van der Waals surface area contributed by atoms with Gasteiger partial charge in [-0.15, -0.1) is 11.3 Å². The molecule has 0 aliphatic carbocycles. The fourth-order valence-corrected chi connectivity index (χ4v) is 4.43. The summed E-state index contributed by atoms with van der Waals surface area (Å²) >= 11 is 7.93. The molecular formula is C22H17ClN2S. The van der Waals surface area contributed by atoms with Gasteiger partial charge in [-0.1, -0.05) is 60.7 Å². The Labute approximate surface area is 161 Å². The molecule has 0 aliphatic heterocycles. The van der Waals surface area contributed by atoms with Crippen LogP contribution in [0, 0.1) is 6.92 Å². The minimum absolute atomic E-state index is 0.285. The van der Waals surface area contributed by atoms with Crippen LogP contribution >= 0.6 is 22.9 Å². The Morgan fingerprint density at radius 1 is 0.885 bits per heavy atom. The molecule has 2 nitrogen and oxygen atoms in total. The minimum atomic E-state index is 0.285. The Hall–Kier alpha value is -2.49. The predicted octanol–water partition coefficient (Wildman–Crippen LogP) is 7.02. The van der Waals surface area contributed by atoms with Gasteiger partial charge in [0.1, 0.15) is 0 Å². The molecule has 2 aromatic carbocycles. The van der Waals surface area contributed by atoms with Gasteiger partial charge in [0.15, 0.2) is 0 Å². The predicted molar refractivity (Wildman–Crippen MR) is 113 cm³/mol. The Balaban J connectivity index is 1.85. The maximum absolute atomic E-state index is 6.22. The molecule has 4 rings (SSSR count). The lowest BCUT2D eigenvalue weighted by atomic mass is 10.0. The molecular weight excluding hydrogens is 360 g/mol. The van der Waals surface area contributed by atoms with E-state index >= 15 is 0 Å². The smallest absolute Gasteiger partial charge is 0.217 e. The van der Waals surface area contributed by atoms with Gasteiger partial charge in [-0.3, -0.25) is 0 Å². The molecule has 128 valence electrons. The molecule has 0 unspecified atom stereocenters. The molecule has 0 aliphatic rings. The molecule has 2 heterocycles. The van der Waals surface area contributed by atoms with Crippen LogP contribution in [-0.4, -0.2) is 9.97 Å². The highest BCUT2D eigenvalue weighted by Gasteiger charge is 2.15. The van der Waals surface area contributed by atoms with Crippen LogP contribution < -0.4 is 0 Å². The molecule has 0 bridgehead atoms. The first-order valence-electron chi connectivity index (χ1n) is 8.42. The van der Waals surface area contributed by atoms with Gasteiger partial charge in [-0.05, 0) is 48.2 Å². The van der Waals surface area contributed by atoms with Gasteiger partial charge in [0, 0.05) is 10.4 Å². The number of fused-ring (bicyclic) bond motifs is 1. The third-order valence-corrected chi connectivity index (χ3v) is 5.78. The van der Waals surface area contributed by atoms with E-state index in [1.165, 1.54) is 16.0 Å². The van der Waals surface area contributed by atoms with Crippen molar-refractivity contribution in [3.8, 4) is 22.4 Å². The summed E-state index contributed by atoms with van der Waals surface area (Å²) in [4.78, 5) is 10.2. The van der Waals surface area contributed by atoms with E-state index in [0.29, 0.717) is 0 Å². The van der Waals surface area contributed by atoms with E-state index in [4.69, 9.17) is 11.6 Å². The van der Waals surface area contributed by atoms with E-state index in [-0.39, 0.29) is 5.28 Å². The van der Waals surface area contributed by atoms with Crippen LogP contribution in [0.3, 0.4) is 0 Å². The Morgan fingerprint density at radius 2 is 1.54 bits per heavy atom. The maximum Gasteiger partial charge on any atom is 0.223 e. The van der Waals surface area contributed by atoms with Gasteiger partial charge >= 0.3 is 0 Å². The standard InChI is InChI=1S/C22H17ClN2S/c1-3-7-18-14(2)19-21(26-18)20(25-22(23)24-19)17-12-10-16(11-13-17)15-8-5-4-6-9-15/h3-13H,1-2H3/b7-3-. The molecule has 0 amide bonds. The lowest BCUT2D eigenvalue weighted by Crippen LogP contribution is -1.89. The Morgan fingerprint density at radius 3 is 2.23 bits per heavy atom. The first-order chi connectivity index (χ1) is 12.7. The lowest BCUT2D eigenvalue weighted by Gasteiger charge is -2.06. The van der Waals surface area contributed by atoms with Gasteiger partial charge in [0.05, 0.1) is 15.9 Å². The summed E-state index contributed by atoms with van der Waals surface area (Å²) in [6, 6.07) is 18.8. The third-order valence-electron chi connectivity index (χ3n) is 4.36. The molecule has 4 heteroatoms.